The first kappa shape index (κ1) is 28.1. The number of nitrogens with zero attached hydrogens (tertiary/aromatic N) is 3. The van der Waals surface area contributed by atoms with Crippen molar-refractivity contribution in [3.05, 3.63) is 175 Å². The van der Waals surface area contributed by atoms with Crippen LogP contribution < -0.4 is 4.90 Å². The number of benzene rings is 5. The molecule has 0 radical (unpaired) electrons. The number of fused-ring (bicyclic) bond motifs is 7. The zero-order valence-corrected chi connectivity index (χ0v) is 27.3. The van der Waals surface area contributed by atoms with E-state index in [1.165, 1.54) is 44.3 Å². The molecule has 0 amide bonds. The third-order valence-electron chi connectivity index (χ3n) is 10.8. The monoisotopic (exact) mass is 629 g/mol. The first-order chi connectivity index (χ1) is 24.2. The fourth-order valence-corrected chi connectivity index (χ4v) is 8.48. The average molecular weight is 630 g/mol. The van der Waals surface area contributed by atoms with E-state index in [2.05, 4.69) is 186 Å². The van der Waals surface area contributed by atoms with Crippen LogP contribution >= 0.6 is 0 Å². The lowest BCUT2D eigenvalue weighted by Gasteiger charge is -2.38. The average Bonchev–Trinajstić information content (AvgIpc) is 3.67. The summed E-state index contributed by atoms with van der Waals surface area (Å²) in [6.07, 6.45) is 18.3. The van der Waals surface area contributed by atoms with E-state index < -0.39 is 0 Å². The van der Waals surface area contributed by atoms with Crippen LogP contribution in [0.4, 0.5) is 5.69 Å². The third kappa shape index (κ3) is 4.39. The molecule has 1 aliphatic heterocycles. The SMILES string of the molecule is CC1C=CC=CC1N1c2cc(-c3cc(-n4c5ccccc5c5ccc(-c6ccccc6)cc54)nc4ccccc34)ccc2C2C=CC=CC21. The van der Waals surface area contributed by atoms with Crippen molar-refractivity contribution in [2.75, 3.05) is 4.90 Å². The van der Waals surface area contributed by atoms with Gasteiger partial charge in [0.2, 0.25) is 0 Å². The topological polar surface area (TPSA) is 21.1 Å². The summed E-state index contributed by atoms with van der Waals surface area (Å²) in [5.74, 6) is 1.70. The molecule has 5 aromatic carbocycles. The third-order valence-corrected chi connectivity index (χ3v) is 10.8. The second-order valence-corrected chi connectivity index (χ2v) is 13.6. The maximum absolute atomic E-state index is 5.35. The molecule has 4 unspecified atom stereocenters. The van der Waals surface area contributed by atoms with Gasteiger partial charge in [-0.2, -0.15) is 0 Å². The fourth-order valence-electron chi connectivity index (χ4n) is 8.48. The Kier molecular flexibility index (Phi) is 6.35. The lowest BCUT2D eigenvalue weighted by molar-refractivity contribution is 0.530. The van der Waals surface area contributed by atoms with Gasteiger partial charge in [-0.25, -0.2) is 4.98 Å². The van der Waals surface area contributed by atoms with Crippen molar-refractivity contribution in [2.45, 2.75) is 24.9 Å². The van der Waals surface area contributed by atoms with Crippen LogP contribution in [-0.2, 0) is 0 Å². The molecule has 2 aliphatic carbocycles. The molecule has 4 atom stereocenters. The molecule has 3 nitrogen and oxygen atoms in total. The normalized spacial score (nSPS) is 20.8. The zero-order valence-electron chi connectivity index (χ0n) is 27.3. The molecular weight excluding hydrogens is 595 g/mol. The molecule has 49 heavy (non-hydrogen) atoms. The number of anilines is 1. The number of hydrogen-bond acceptors (Lipinski definition) is 2. The quantitative estimate of drug-likeness (QED) is 0.193. The summed E-state index contributed by atoms with van der Waals surface area (Å²) >= 11 is 0. The van der Waals surface area contributed by atoms with Crippen LogP contribution in [0.1, 0.15) is 18.4 Å². The highest BCUT2D eigenvalue weighted by atomic mass is 15.2. The molecule has 0 spiro atoms. The van der Waals surface area contributed by atoms with Gasteiger partial charge in [-0.1, -0.05) is 147 Å². The molecule has 3 heterocycles. The molecule has 10 rings (SSSR count). The van der Waals surface area contributed by atoms with Crippen LogP contribution in [0.15, 0.2) is 170 Å². The van der Waals surface area contributed by atoms with Gasteiger partial charge in [0.05, 0.1) is 28.6 Å². The van der Waals surface area contributed by atoms with Crippen LogP contribution in [-0.4, -0.2) is 21.6 Å². The lowest BCUT2D eigenvalue weighted by atomic mass is 9.89. The highest BCUT2D eigenvalue weighted by molar-refractivity contribution is 6.10. The number of allylic oxidation sites excluding steroid dienone is 4. The summed E-state index contributed by atoms with van der Waals surface area (Å²) in [4.78, 5) is 8.02. The van der Waals surface area contributed by atoms with Gasteiger partial charge in [0, 0.05) is 27.8 Å². The van der Waals surface area contributed by atoms with Crippen LogP contribution in [0.3, 0.4) is 0 Å². The number of hydrogen-bond donors (Lipinski definition) is 0. The van der Waals surface area contributed by atoms with Crippen LogP contribution in [0.25, 0.3) is 60.8 Å². The summed E-state index contributed by atoms with van der Waals surface area (Å²) in [5, 5.41) is 3.62. The number of aromatic nitrogens is 2. The molecule has 3 heteroatoms. The van der Waals surface area contributed by atoms with Gasteiger partial charge >= 0.3 is 0 Å². The number of pyridine rings is 1. The number of rotatable bonds is 4. The Balaban J connectivity index is 1.20. The lowest BCUT2D eigenvalue weighted by Crippen LogP contribution is -2.44. The summed E-state index contributed by atoms with van der Waals surface area (Å²) in [6, 6.07) is 44.8. The zero-order chi connectivity index (χ0) is 32.5. The molecule has 0 bridgehead atoms. The predicted molar refractivity (Wildman–Crippen MR) is 205 cm³/mol. The molecular formula is C46H35N3. The Morgan fingerprint density at radius 2 is 1.24 bits per heavy atom. The highest BCUT2D eigenvalue weighted by Crippen LogP contribution is 2.48. The van der Waals surface area contributed by atoms with Crippen LogP contribution in [0.2, 0.25) is 0 Å². The molecule has 234 valence electrons. The predicted octanol–water partition coefficient (Wildman–Crippen LogP) is 11.2. The first-order valence-electron chi connectivity index (χ1n) is 17.3. The van der Waals surface area contributed by atoms with Crippen LogP contribution in [0, 0.1) is 5.92 Å². The van der Waals surface area contributed by atoms with E-state index in [-0.39, 0.29) is 0 Å². The van der Waals surface area contributed by atoms with E-state index in [0.717, 1.165) is 27.8 Å². The fraction of sp³-hybridized carbons (Fsp3) is 0.109. The van der Waals surface area contributed by atoms with Gasteiger partial charge in [-0.15, -0.1) is 0 Å². The van der Waals surface area contributed by atoms with Gasteiger partial charge in [-0.05, 0) is 64.1 Å². The van der Waals surface area contributed by atoms with Gasteiger partial charge in [0.25, 0.3) is 0 Å². The standard InChI is InChI=1S/C46H35N3/c1-30-13-5-10-20-41(30)48-42-21-11-7-17-35(42)37-26-24-33(28-44(37)48)39-29-46(47-40-19-9-6-16-34(39)40)49-43-22-12-8-18-36(43)38-25-23-32(27-45(38)49)31-14-3-2-4-15-31/h2-30,35,41-42H,1H3. The van der Waals surface area contributed by atoms with Gasteiger partial charge in [0.15, 0.2) is 0 Å². The van der Waals surface area contributed by atoms with Crippen LogP contribution in [0.5, 0.6) is 0 Å². The first-order valence-corrected chi connectivity index (χ1v) is 17.3. The largest absolute Gasteiger partial charge is 0.357 e. The van der Waals surface area contributed by atoms with E-state index in [1.807, 2.05) is 0 Å². The second kappa shape index (κ2) is 11.1. The Hall–Kier alpha value is -5.93. The summed E-state index contributed by atoms with van der Waals surface area (Å²) in [6.45, 7) is 2.33. The van der Waals surface area contributed by atoms with Crippen molar-refractivity contribution in [1.82, 2.24) is 9.55 Å². The molecule has 2 aromatic heterocycles. The minimum absolute atomic E-state index is 0.298. The molecule has 0 fully saturated rings. The summed E-state index contributed by atoms with van der Waals surface area (Å²) < 4.78 is 2.36. The maximum atomic E-state index is 5.35. The van der Waals surface area contributed by atoms with E-state index >= 15 is 0 Å². The van der Waals surface area contributed by atoms with Crippen molar-refractivity contribution in [3.8, 4) is 28.1 Å². The maximum Gasteiger partial charge on any atom is 0.138 e. The molecule has 0 saturated carbocycles. The molecule has 0 saturated heterocycles. The molecule has 3 aliphatic rings. The second-order valence-electron chi connectivity index (χ2n) is 13.6. The number of para-hydroxylation sites is 2. The van der Waals surface area contributed by atoms with Crippen molar-refractivity contribution < 1.29 is 0 Å². The minimum Gasteiger partial charge on any atom is -0.357 e. The summed E-state index contributed by atoms with van der Waals surface area (Å²) in [5.41, 5.74) is 10.8. The van der Waals surface area contributed by atoms with Gasteiger partial charge in [-0.3, -0.25) is 4.57 Å². The van der Waals surface area contributed by atoms with Crippen molar-refractivity contribution in [1.29, 1.82) is 0 Å². The smallest absolute Gasteiger partial charge is 0.138 e. The Labute approximate surface area is 286 Å². The minimum atomic E-state index is 0.298. The van der Waals surface area contributed by atoms with E-state index in [1.54, 1.807) is 0 Å². The Bertz CT molecular complexity index is 2540. The van der Waals surface area contributed by atoms with E-state index in [4.69, 9.17) is 4.98 Å². The Morgan fingerprint density at radius 3 is 2.12 bits per heavy atom. The van der Waals surface area contributed by atoms with Crippen molar-refractivity contribution in [2.24, 2.45) is 5.92 Å². The highest BCUT2D eigenvalue weighted by Gasteiger charge is 2.40. The summed E-state index contributed by atoms with van der Waals surface area (Å²) in [7, 11) is 0. The van der Waals surface area contributed by atoms with Gasteiger partial charge in [0.1, 0.15) is 5.82 Å². The van der Waals surface area contributed by atoms with Crippen molar-refractivity contribution in [3.63, 3.8) is 0 Å². The van der Waals surface area contributed by atoms with E-state index in [9.17, 15) is 0 Å². The van der Waals surface area contributed by atoms with Gasteiger partial charge < -0.3 is 4.90 Å². The molecule has 0 N–H and O–H groups in total. The van der Waals surface area contributed by atoms with Crippen molar-refractivity contribution >= 4 is 38.4 Å². The molecule has 7 aromatic rings. The Morgan fingerprint density at radius 1 is 0.531 bits per heavy atom. The van der Waals surface area contributed by atoms with E-state index in [0.29, 0.717) is 23.9 Å².